The van der Waals surface area contributed by atoms with Crippen LogP contribution >= 0.6 is 11.6 Å². The van der Waals surface area contributed by atoms with E-state index in [1.807, 2.05) is 29.3 Å². The molecule has 2 fully saturated rings. The number of nitriles is 1. The van der Waals surface area contributed by atoms with Crippen LogP contribution in [0.2, 0.25) is 5.02 Å². The number of aliphatic carboxylic acids is 1. The number of aliphatic hydroxyl groups is 1. The second kappa shape index (κ2) is 16.6. The van der Waals surface area contributed by atoms with Crippen molar-refractivity contribution < 1.29 is 24.5 Å². The summed E-state index contributed by atoms with van der Waals surface area (Å²) in [5.74, 6) is -0.115. The van der Waals surface area contributed by atoms with Crippen LogP contribution in [0.15, 0.2) is 36.4 Å². The summed E-state index contributed by atoms with van der Waals surface area (Å²) in [6.45, 7) is 5.61. The van der Waals surface area contributed by atoms with Gasteiger partial charge in [-0.25, -0.2) is 9.97 Å². The second-order valence-electron chi connectivity index (χ2n) is 15.9. The number of nitrogens with one attached hydrogen (secondary N) is 2. The van der Waals surface area contributed by atoms with Gasteiger partial charge in [0.25, 0.3) is 5.91 Å². The van der Waals surface area contributed by atoms with Gasteiger partial charge < -0.3 is 34.7 Å². The van der Waals surface area contributed by atoms with Crippen molar-refractivity contribution in [1.29, 1.82) is 5.26 Å². The molecule has 1 aliphatic carbocycles. The molecule has 1 saturated carbocycles. The number of fused-ring (bicyclic) bond motifs is 2. The number of carbonyl (C=O) groups is 2. The molecule has 0 spiro atoms. The van der Waals surface area contributed by atoms with Crippen molar-refractivity contribution in [1.82, 2.24) is 28.9 Å². The lowest BCUT2D eigenvalue weighted by molar-refractivity contribution is -0.143. The number of aliphatic hydroxyl groups excluding tert-OH is 1. The van der Waals surface area contributed by atoms with E-state index in [0.717, 1.165) is 114 Å². The lowest BCUT2D eigenvalue weighted by Crippen LogP contribution is -2.42. The molecule has 2 aromatic heterocycles. The molecule has 0 bridgehead atoms. The zero-order chi connectivity index (χ0) is 39.8. The zero-order valence-electron chi connectivity index (χ0n) is 32.5. The van der Waals surface area contributed by atoms with Gasteiger partial charge in [0.05, 0.1) is 39.3 Å². The van der Waals surface area contributed by atoms with E-state index in [4.69, 9.17) is 26.3 Å². The number of ether oxygens (including phenoxy) is 1. The Kier molecular flexibility index (Phi) is 11.4. The fourth-order valence-corrected chi connectivity index (χ4v) is 9.60. The maximum atomic E-state index is 13.8. The first-order chi connectivity index (χ1) is 27.6. The molecule has 4 aliphatic rings. The molecule has 2 aromatic carbocycles. The third-order valence-electron chi connectivity index (χ3n) is 12.5. The molecule has 1 unspecified atom stereocenters. The van der Waals surface area contributed by atoms with Crippen LogP contribution in [0.5, 0.6) is 0 Å². The summed E-state index contributed by atoms with van der Waals surface area (Å²) in [5.41, 5.74) is 6.14. The molecule has 15 heteroatoms. The van der Waals surface area contributed by atoms with Gasteiger partial charge in [-0.3, -0.25) is 19.4 Å². The van der Waals surface area contributed by atoms with Crippen LogP contribution in [0, 0.1) is 23.2 Å². The molecule has 8 rings (SSSR count). The molecule has 4 N–H and O–H groups in total. The highest BCUT2D eigenvalue weighted by molar-refractivity contribution is 6.36. The standard InChI is InChI=1S/C42H50ClN9O5/c1-49-35-13-17-51(22-25-9-11-26(12-10-25)42(55)56)23-33(35)45-38(49)40(53)47-31-7-3-5-28(30(31)21-44)29-6-4-8-32(37(29)43)48-41(54)39-46-34-24-52(18-14-36(34)50(39)2)27-15-19-57-20-16-27/h3-8,25-27,41,48,54H,9-20,22-24H2,1-2H3,(H,47,53)(H,55,56). The molecule has 0 radical (unpaired) electrons. The van der Waals surface area contributed by atoms with Crippen LogP contribution in [0.1, 0.15) is 89.5 Å². The van der Waals surface area contributed by atoms with Crippen LogP contribution in [-0.4, -0.2) is 89.9 Å². The van der Waals surface area contributed by atoms with E-state index in [0.29, 0.717) is 51.9 Å². The average molecular weight is 796 g/mol. The molecule has 300 valence electrons. The van der Waals surface area contributed by atoms with Crippen molar-refractivity contribution in [3.8, 4) is 17.2 Å². The van der Waals surface area contributed by atoms with E-state index in [1.54, 1.807) is 30.3 Å². The summed E-state index contributed by atoms with van der Waals surface area (Å²) in [4.78, 5) is 39.7. The number of amides is 1. The number of hydrogen-bond donors (Lipinski definition) is 4. The lowest BCUT2D eigenvalue weighted by atomic mass is 9.81. The molecule has 4 aromatic rings. The average Bonchev–Trinajstić information content (AvgIpc) is 3.74. The fraction of sp³-hybridized carbons (Fsp3) is 0.500. The smallest absolute Gasteiger partial charge is 0.306 e. The number of aromatic nitrogens is 4. The van der Waals surface area contributed by atoms with Crippen LogP contribution < -0.4 is 10.6 Å². The van der Waals surface area contributed by atoms with Gasteiger partial charge in [-0.2, -0.15) is 5.26 Å². The lowest BCUT2D eigenvalue weighted by Gasteiger charge is -2.36. The number of halogens is 1. The van der Waals surface area contributed by atoms with E-state index in [9.17, 15) is 25.1 Å². The van der Waals surface area contributed by atoms with Gasteiger partial charge in [0.15, 0.2) is 17.9 Å². The predicted octanol–water partition coefficient (Wildman–Crippen LogP) is 5.49. The van der Waals surface area contributed by atoms with Gasteiger partial charge in [0.1, 0.15) is 6.07 Å². The van der Waals surface area contributed by atoms with Crippen LogP contribution in [0.4, 0.5) is 11.4 Å². The Balaban J connectivity index is 0.955. The summed E-state index contributed by atoms with van der Waals surface area (Å²) in [6, 6.07) is 13.4. The Morgan fingerprint density at radius 2 is 1.61 bits per heavy atom. The van der Waals surface area contributed by atoms with Gasteiger partial charge in [-0.1, -0.05) is 35.9 Å². The fourth-order valence-electron chi connectivity index (χ4n) is 9.32. The topological polar surface area (TPSA) is 174 Å². The number of hydrogen-bond acceptors (Lipinski definition) is 10. The first-order valence-electron chi connectivity index (χ1n) is 20.0. The normalized spacial score (nSPS) is 21.0. The summed E-state index contributed by atoms with van der Waals surface area (Å²) < 4.78 is 9.38. The summed E-state index contributed by atoms with van der Waals surface area (Å²) in [7, 11) is 3.78. The maximum absolute atomic E-state index is 13.8. The molecule has 14 nitrogen and oxygen atoms in total. The molecule has 5 heterocycles. The second-order valence-corrected chi connectivity index (χ2v) is 16.3. The van der Waals surface area contributed by atoms with Crippen molar-refractivity contribution in [2.45, 2.75) is 76.7 Å². The van der Waals surface area contributed by atoms with Crippen molar-refractivity contribution in [3.05, 3.63) is 81.4 Å². The Morgan fingerprint density at radius 3 is 2.35 bits per heavy atom. The molecular formula is C42H50ClN9O5. The van der Waals surface area contributed by atoms with Crippen LogP contribution in [-0.2, 0) is 49.6 Å². The molecule has 1 amide bonds. The highest BCUT2D eigenvalue weighted by atomic mass is 35.5. The Hall–Kier alpha value is -4.78. The van der Waals surface area contributed by atoms with E-state index in [1.165, 1.54) is 0 Å². The van der Waals surface area contributed by atoms with Crippen LogP contribution in [0.3, 0.4) is 0 Å². The van der Waals surface area contributed by atoms with Gasteiger partial charge in [0, 0.05) is 101 Å². The molecule has 1 atom stereocenters. The predicted molar refractivity (Wildman–Crippen MR) is 215 cm³/mol. The molecule has 1 saturated heterocycles. The first kappa shape index (κ1) is 39.1. The number of rotatable bonds is 10. The number of imidazole rings is 2. The minimum Gasteiger partial charge on any atom is -0.481 e. The molecular weight excluding hydrogens is 746 g/mol. The minimum absolute atomic E-state index is 0.232. The van der Waals surface area contributed by atoms with Crippen molar-refractivity contribution in [2.24, 2.45) is 25.9 Å². The third-order valence-corrected chi connectivity index (χ3v) is 12.9. The maximum Gasteiger partial charge on any atom is 0.306 e. The Morgan fingerprint density at radius 1 is 0.930 bits per heavy atom. The first-order valence-corrected chi connectivity index (χ1v) is 20.4. The Bertz CT molecular complexity index is 2200. The summed E-state index contributed by atoms with van der Waals surface area (Å²) in [5, 5.41) is 37.6. The van der Waals surface area contributed by atoms with E-state index in [2.05, 4.69) is 26.5 Å². The quantitative estimate of drug-likeness (QED) is 0.150. The highest BCUT2D eigenvalue weighted by Gasteiger charge is 2.32. The SMILES string of the molecule is Cn1c(C(=O)Nc2cccc(-c3cccc(NC(O)c4nc5c(n4C)CCN(C4CCOCC4)C5)c3Cl)c2C#N)nc2c1CCN(CC1CCC(C(=O)O)CC1)C2. The van der Waals surface area contributed by atoms with Crippen molar-refractivity contribution in [3.63, 3.8) is 0 Å². The largest absolute Gasteiger partial charge is 0.481 e. The van der Waals surface area contributed by atoms with Crippen LogP contribution in [0.25, 0.3) is 11.1 Å². The van der Waals surface area contributed by atoms with E-state index >= 15 is 0 Å². The van der Waals surface area contributed by atoms with Crippen molar-refractivity contribution >= 4 is 34.9 Å². The Labute approximate surface area is 337 Å². The minimum atomic E-state index is -1.14. The molecule has 3 aliphatic heterocycles. The highest BCUT2D eigenvalue weighted by Crippen LogP contribution is 2.39. The monoisotopic (exact) mass is 795 g/mol. The number of carbonyl (C=O) groups excluding carboxylic acids is 1. The summed E-state index contributed by atoms with van der Waals surface area (Å²) in [6.07, 6.45) is 5.77. The van der Waals surface area contributed by atoms with Crippen molar-refractivity contribution in [2.75, 3.05) is 43.5 Å². The van der Waals surface area contributed by atoms with Gasteiger partial charge in [-0.05, 0) is 56.6 Å². The zero-order valence-corrected chi connectivity index (χ0v) is 33.3. The number of carboxylic acid groups (broad SMARTS) is 1. The van der Waals surface area contributed by atoms with Gasteiger partial charge in [-0.15, -0.1) is 0 Å². The van der Waals surface area contributed by atoms with Gasteiger partial charge in [0.2, 0.25) is 0 Å². The third kappa shape index (κ3) is 7.91. The molecule has 57 heavy (non-hydrogen) atoms. The number of nitrogens with zero attached hydrogens (tertiary/aromatic N) is 7. The summed E-state index contributed by atoms with van der Waals surface area (Å²) >= 11 is 7.02. The number of anilines is 2. The van der Waals surface area contributed by atoms with Gasteiger partial charge >= 0.3 is 5.97 Å². The van der Waals surface area contributed by atoms with E-state index < -0.39 is 18.1 Å². The van der Waals surface area contributed by atoms with E-state index in [-0.39, 0.29) is 17.3 Å². The number of carboxylic acids is 1. The number of benzene rings is 2.